The molecule has 4 rings (SSSR count). The minimum Gasteiger partial charge on any atom is -0.300 e. The second-order valence-corrected chi connectivity index (χ2v) is 7.66. The number of nitrogens with zero attached hydrogens (tertiary/aromatic N) is 2. The zero-order valence-electron chi connectivity index (χ0n) is 17.0. The molecule has 0 N–H and O–H groups in total. The Labute approximate surface area is 183 Å². The van der Waals surface area contributed by atoms with Gasteiger partial charge < -0.3 is 4.79 Å². The van der Waals surface area contributed by atoms with Crippen LogP contribution in [0.4, 0.5) is 11.4 Å². The smallest absolute Gasteiger partial charge is 0.242 e. The Morgan fingerprint density at radius 2 is 1.63 bits per heavy atom. The number of fused-ring (bicyclic) bond motifs is 1. The lowest BCUT2D eigenvalue weighted by molar-refractivity contribution is -0.123. The van der Waals surface area contributed by atoms with Gasteiger partial charge in [-0.25, -0.2) is 0 Å². The zero-order valence-corrected chi connectivity index (χ0v) is 17.8. The molecule has 0 aliphatic carbocycles. The third-order valence-corrected chi connectivity index (χ3v) is 5.68. The lowest BCUT2D eigenvalue weighted by atomic mass is 9.73. The normalized spacial score (nSPS) is 17.4. The number of rotatable bonds is 7. The van der Waals surface area contributed by atoms with Crippen molar-refractivity contribution in [2.75, 3.05) is 4.90 Å². The summed E-state index contributed by atoms with van der Waals surface area (Å²) in [6.07, 6.45) is 5.92. The summed E-state index contributed by atoms with van der Waals surface area (Å²) in [4.78, 5) is 31.5. The topological polar surface area (TPSA) is 50.3 Å². The first-order valence-electron chi connectivity index (χ1n) is 9.99. The van der Waals surface area contributed by atoms with Gasteiger partial charge in [-0.15, -0.1) is 12.4 Å². The quantitative estimate of drug-likeness (QED) is 0.512. The van der Waals surface area contributed by atoms with Gasteiger partial charge in [0.2, 0.25) is 5.91 Å². The number of halogens is 1. The van der Waals surface area contributed by atoms with E-state index in [9.17, 15) is 9.59 Å². The Morgan fingerprint density at radius 3 is 2.33 bits per heavy atom. The van der Waals surface area contributed by atoms with Crippen LogP contribution >= 0.6 is 12.4 Å². The second kappa shape index (κ2) is 9.23. The molecule has 1 atom stereocenters. The van der Waals surface area contributed by atoms with Crippen molar-refractivity contribution < 1.29 is 9.59 Å². The van der Waals surface area contributed by atoms with Crippen molar-refractivity contribution in [3.63, 3.8) is 0 Å². The largest absolute Gasteiger partial charge is 0.300 e. The monoisotopic (exact) mass is 420 g/mol. The van der Waals surface area contributed by atoms with Gasteiger partial charge >= 0.3 is 0 Å². The molecular weight excluding hydrogens is 396 g/mol. The average Bonchev–Trinajstić information content (AvgIpc) is 2.97. The fourth-order valence-electron chi connectivity index (χ4n) is 4.33. The number of Topliss-reactive ketones (excluding diaryl/α,β-unsaturated/α-hetero) is 1. The standard InChI is InChI=1S/C25H24N2O2.ClH/c1-19(28)8-7-15-25(18-20-13-16-26-17-14-20)22-11-5-6-12-23(22)27(24(25)29)21-9-3-2-4-10-21;/h2-6,9-14,16-17H,7-8,15,18H2,1H3;1H. The Balaban J connectivity index is 0.00000256. The number of pyridine rings is 1. The predicted molar refractivity (Wildman–Crippen MR) is 121 cm³/mol. The van der Waals surface area contributed by atoms with E-state index >= 15 is 0 Å². The van der Waals surface area contributed by atoms with Crippen LogP contribution in [-0.2, 0) is 21.4 Å². The molecule has 3 aromatic rings. The lowest BCUT2D eigenvalue weighted by Crippen LogP contribution is -2.40. The van der Waals surface area contributed by atoms with E-state index in [4.69, 9.17) is 0 Å². The van der Waals surface area contributed by atoms with E-state index in [0.717, 1.165) is 22.5 Å². The van der Waals surface area contributed by atoms with Gasteiger partial charge in [-0.2, -0.15) is 0 Å². The molecule has 4 nitrogen and oxygen atoms in total. The maximum Gasteiger partial charge on any atom is 0.242 e. The molecule has 2 heterocycles. The summed E-state index contributed by atoms with van der Waals surface area (Å²) >= 11 is 0. The minimum atomic E-state index is -0.691. The number of hydrogen-bond donors (Lipinski definition) is 0. The zero-order chi connectivity index (χ0) is 20.3. The van der Waals surface area contributed by atoms with Crippen LogP contribution in [0, 0.1) is 0 Å². The minimum absolute atomic E-state index is 0. The fraction of sp³-hybridized carbons (Fsp3) is 0.240. The number of para-hydroxylation sites is 2. The lowest BCUT2D eigenvalue weighted by Gasteiger charge is -2.29. The van der Waals surface area contributed by atoms with Crippen LogP contribution in [0.3, 0.4) is 0 Å². The number of anilines is 2. The summed E-state index contributed by atoms with van der Waals surface area (Å²) in [7, 11) is 0. The maximum absolute atomic E-state index is 14.0. The van der Waals surface area contributed by atoms with Gasteiger partial charge in [-0.05, 0) is 67.6 Å². The Morgan fingerprint density at radius 1 is 0.967 bits per heavy atom. The van der Waals surface area contributed by atoms with Crippen molar-refractivity contribution >= 4 is 35.5 Å². The van der Waals surface area contributed by atoms with E-state index in [1.165, 1.54) is 0 Å². The van der Waals surface area contributed by atoms with Gasteiger partial charge in [-0.3, -0.25) is 14.7 Å². The average molecular weight is 421 g/mol. The Bertz CT molecular complexity index is 1020. The van der Waals surface area contributed by atoms with Crippen LogP contribution in [0.2, 0.25) is 0 Å². The summed E-state index contributed by atoms with van der Waals surface area (Å²) in [5.41, 5.74) is 3.22. The van der Waals surface area contributed by atoms with Gasteiger partial charge in [0, 0.05) is 24.5 Å². The Kier molecular flexibility index (Phi) is 6.68. The predicted octanol–water partition coefficient (Wildman–Crippen LogP) is 5.42. The number of hydrogen-bond acceptors (Lipinski definition) is 3. The van der Waals surface area contributed by atoms with Gasteiger partial charge in [0.1, 0.15) is 5.78 Å². The van der Waals surface area contributed by atoms with Crippen LogP contribution < -0.4 is 4.90 Å². The summed E-state index contributed by atoms with van der Waals surface area (Å²) in [5, 5.41) is 0. The summed E-state index contributed by atoms with van der Waals surface area (Å²) < 4.78 is 0. The molecule has 0 fully saturated rings. The molecule has 0 spiro atoms. The summed E-state index contributed by atoms with van der Waals surface area (Å²) in [5.74, 6) is 0.230. The summed E-state index contributed by atoms with van der Waals surface area (Å²) in [6.45, 7) is 1.61. The number of carbonyl (C=O) groups excluding carboxylic acids is 2. The fourth-order valence-corrected chi connectivity index (χ4v) is 4.33. The third kappa shape index (κ3) is 4.01. The molecule has 1 aliphatic rings. The Hall–Kier alpha value is -2.98. The highest BCUT2D eigenvalue weighted by molar-refractivity contribution is 6.13. The molecule has 2 aromatic carbocycles. The van der Waals surface area contributed by atoms with E-state index < -0.39 is 5.41 Å². The van der Waals surface area contributed by atoms with Crippen molar-refractivity contribution in [1.29, 1.82) is 0 Å². The first-order valence-corrected chi connectivity index (χ1v) is 9.99. The third-order valence-electron chi connectivity index (χ3n) is 5.68. The van der Waals surface area contributed by atoms with E-state index in [-0.39, 0.29) is 24.1 Å². The maximum atomic E-state index is 14.0. The molecule has 1 aliphatic heterocycles. The molecule has 0 saturated carbocycles. The van der Waals surface area contributed by atoms with Crippen LogP contribution in [0.1, 0.15) is 37.3 Å². The molecule has 1 amide bonds. The van der Waals surface area contributed by atoms with E-state index in [2.05, 4.69) is 11.1 Å². The molecule has 0 saturated heterocycles. The van der Waals surface area contributed by atoms with Gasteiger partial charge in [-0.1, -0.05) is 36.4 Å². The molecule has 0 radical (unpaired) electrons. The van der Waals surface area contributed by atoms with Crippen molar-refractivity contribution in [3.05, 3.63) is 90.3 Å². The molecule has 30 heavy (non-hydrogen) atoms. The first-order chi connectivity index (χ1) is 14.1. The first kappa shape index (κ1) is 21.7. The van der Waals surface area contributed by atoms with Crippen molar-refractivity contribution in [3.8, 4) is 0 Å². The molecule has 5 heteroatoms. The molecular formula is C25H25ClN2O2. The van der Waals surface area contributed by atoms with Crippen molar-refractivity contribution in [2.45, 2.75) is 38.0 Å². The van der Waals surface area contributed by atoms with Crippen molar-refractivity contribution in [1.82, 2.24) is 4.98 Å². The van der Waals surface area contributed by atoms with Gasteiger partial charge in [0.15, 0.2) is 0 Å². The number of aromatic nitrogens is 1. The highest BCUT2D eigenvalue weighted by Gasteiger charge is 2.50. The highest BCUT2D eigenvalue weighted by Crippen LogP contribution is 2.49. The number of amides is 1. The molecule has 1 unspecified atom stereocenters. The highest BCUT2D eigenvalue weighted by atomic mass is 35.5. The van der Waals surface area contributed by atoms with Crippen molar-refractivity contribution in [2.24, 2.45) is 0 Å². The van der Waals surface area contributed by atoms with Crippen LogP contribution in [0.15, 0.2) is 79.1 Å². The molecule has 1 aromatic heterocycles. The molecule has 0 bridgehead atoms. The molecule has 154 valence electrons. The van der Waals surface area contributed by atoms with E-state index in [1.54, 1.807) is 19.3 Å². The van der Waals surface area contributed by atoms with Crippen LogP contribution in [0.5, 0.6) is 0 Å². The number of benzene rings is 2. The number of ketones is 1. The van der Waals surface area contributed by atoms with Gasteiger partial charge in [0.25, 0.3) is 0 Å². The van der Waals surface area contributed by atoms with E-state index in [1.807, 2.05) is 65.6 Å². The SMILES string of the molecule is CC(=O)CCCC1(Cc2ccncc2)C(=O)N(c2ccccc2)c2ccccc21.Cl. The van der Waals surface area contributed by atoms with Gasteiger partial charge in [0.05, 0.1) is 11.1 Å². The second-order valence-electron chi connectivity index (χ2n) is 7.66. The van der Waals surface area contributed by atoms with Crippen LogP contribution in [0.25, 0.3) is 0 Å². The number of carbonyl (C=O) groups is 2. The van der Waals surface area contributed by atoms with Crippen LogP contribution in [-0.4, -0.2) is 16.7 Å². The van der Waals surface area contributed by atoms with E-state index in [0.29, 0.717) is 25.7 Å². The summed E-state index contributed by atoms with van der Waals surface area (Å²) in [6, 6.07) is 21.7.